The summed E-state index contributed by atoms with van der Waals surface area (Å²) in [7, 11) is 3.96. The molecular formula is C17H38NO3+. The molecule has 0 bridgehead atoms. The number of aliphatic hydroxyl groups is 3. The predicted octanol–water partition coefficient (Wildman–Crippen LogP) is 2.31. The van der Waals surface area contributed by atoms with Crippen molar-refractivity contribution in [2.45, 2.75) is 76.9 Å². The molecule has 128 valence electrons. The van der Waals surface area contributed by atoms with Gasteiger partial charge < -0.3 is 19.8 Å². The van der Waals surface area contributed by atoms with Crippen LogP contribution in [0.3, 0.4) is 0 Å². The molecule has 2 unspecified atom stereocenters. The maximum Gasteiger partial charge on any atom is 0.126 e. The Labute approximate surface area is 131 Å². The number of likely N-dealkylation sites (N-methyl/N-ethyl adjacent to an activating group) is 1. The van der Waals surface area contributed by atoms with Crippen LogP contribution in [0.1, 0.15) is 64.7 Å². The van der Waals surface area contributed by atoms with Gasteiger partial charge in [0.1, 0.15) is 25.3 Å². The van der Waals surface area contributed by atoms with Crippen molar-refractivity contribution in [2.24, 2.45) is 0 Å². The lowest BCUT2D eigenvalue weighted by Gasteiger charge is -2.33. The molecule has 4 heteroatoms. The lowest BCUT2D eigenvalue weighted by Crippen LogP contribution is -2.50. The van der Waals surface area contributed by atoms with Gasteiger partial charge in [-0.05, 0) is 6.42 Å². The maximum absolute atomic E-state index is 10.1. The third-order valence-corrected chi connectivity index (χ3v) is 4.01. The van der Waals surface area contributed by atoms with Gasteiger partial charge in [0.25, 0.3) is 0 Å². The average Bonchev–Trinajstić information content (AvgIpc) is 2.40. The number of unbranched alkanes of at least 4 members (excludes halogenated alkanes) is 7. The van der Waals surface area contributed by atoms with Crippen molar-refractivity contribution in [1.29, 1.82) is 0 Å². The molecule has 0 aromatic carbocycles. The molecule has 21 heavy (non-hydrogen) atoms. The summed E-state index contributed by atoms with van der Waals surface area (Å²) in [4.78, 5) is 0. The molecular weight excluding hydrogens is 266 g/mol. The van der Waals surface area contributed by atoms with Gasteiger partial charge in [-0.25, -0.2) is 0 Å². The zero-order valence-corrected chi connectivity index (χ0v) is 14.4. The van der Waals surface area contributed by atoms with Crippen LogP contribution in [0.25, 0.3) is 0 Å². The van der Waals surface area contributed by atoms with Crippen LogP contribution in [0.5, 0.6) is 0 Å². The van der Waals surface area contributed by atoms with Crippen LogP contribution in [0.2, 0.25) is 0 Å². The van der Waals surface area contributed by atoms with Crippen molar-refractivity contribution in [2.75, 3.05) is 33.8 Å². The number of hydrogen-bond acceptors (Lipinski definition) is 3. The van der Waals surface area contributed by atoms with Crippen molar-refractivity contribution in [3.05, 3.63) is 0 Å². The molecule has 0 amide bonds. The summed E-state index contributed by atoms with van der Waals surface area (Å²) in [5.74, 6) is 0. The fourth-order valence-electron chi connectivity index (χ4n) is 2.88. The molecule has 0 saturated carbocycles. The van der Waals surface area contributed by atoms with Gasteiger partial charge in [0.05, 0.1) is 20.7 Å². The first kappa shape index (κ1) is 20.8. The zero-order valence-electron chi connectivity index (χ0n) is 14.4. The normalized spacial score (nSPS) is 15.1. The number of rotatable bonds is 14. The summed E-state index contributed by atoms with van der Waals surface area (Å²) in [6.45, 7) is 3.13. The minimum Gasteiger partial charge on any atom is -0.393 e. The van der Waals surface area contributed by atoms with E-state index < -0.39 is 6.10 Å². The molecule has 3 N–H and O–H groups in total. The van der Waals surface area contributed by atoms with Crippen molar-refractivity contribution >= 4 is 0 Å². The minimum atomic E-state index is -0.699. The second-order valence-corrected chi connectivity index (χ2v) is 7.05. The Morgan fingerprint density at radius 1 is 0.762 bits per heavy atom. The molecule has 0 radical (unpaired) electrons. The molecule has 0 rings (SSSR count). The molecule has 0 aliphatic heterocycles. The van der Waals surface area contributed by atoms with E-state index in [0.717, 1.165) is 12.8 Å². The van der Waals surface area contributed by atoms with Crippen molar-refractivity contribution < 1.29 is 19.8 Å². The number of aliphatic hydroxyl groups excluding tert-OH is 3. The van der Waals surface area contributed by atoms with E-state index in [1.54, 1.807) is 0 Å². The van der Waals surface area contributed by atoms with Gasteiger partial charge >= 0.3 is 0 Å². The van der Waals surface area contributed by atoms with Crippen molar-refractivity contribution in [3.63, 3.8) is 0 Å². The molecule has 0 aromatic heterocycles. The first-order valence-electron chi connectivity index (χ1n) is 8.70. The molecule has 0 aliphatic carbocycles. The van der Waals surface area contributed by atoms with Crippen molar-refractivity contribution in [1.82, 2.24) is 0 Å². The van der Waals surface area contributed by atoms with E-state index in [1.165, 1.54) is 44.9 Å². The number of hydrogen-bond donors (Lipinski definition) is 3. The van der Waals surface area contributed by atoms with Crippen LogP contribution in [0.4, 0.5) is 0 Å². The standard InChI is InChI=1S/C17H38NO3/c1-4-5-6-7-8-9-10-11-12-16(20)13-18(2,3)14-17(21)15-19/h16-17,19-21H,4-15H2,1-3H3/q+1. The quantitative estimate of drug-likeness (QED) is 0.341. The van der Waals surface area contributed by atoms with E-state index in [0.29, 0.717) is 17.6 Å². The number of quaternary nitrogens is 1. The first-order valence-corrected chi connectivity index (χ1v) is 8.70. The monoisotopic (exact) mass is 304 g/mol. The highest BCUT2D eigenvalue weighted by Crippen LogP contribution is 2.12. The van der Waals surface area contributed by atoms with E-state index in [2.05, 4.69) is 6.92 Å². The Balaban J connectivity index is 3.59. The summed E-state index contributed by atoms with van der Waals surface area (Å²) in [6.07, 6.45) is 10.1. The van der Waals surface area contributed by atoms with E-state index in [-0.39, 0.29) is 12.7 Å². The van der Waals surface area contributed by atoms with Gasteiger partial charge in [0, 0.05) is 0 Å². The average molecular weight is 304 g/mol. The Kier molecular flexibility index (Phi) is 12.3. The molecule has 0 heterocycles. The van der Waals surface area contributed by atoms with Crippen LogP contribution in [-0.4, -0.2) is 65.8 Å². The SMILES string of the molecule is CCCCCCCCCCC(O)C[N+](C)(C)CC(O)CO. The molecule has 0 fully saturated rings. The van der Waals surface area contributed by atoms with E-state index in [9.17, 15) is 10.2 Å². The molecule has 0 aliphatic rings. The van der Waals surface area contributed by atoms with Crippen LogP contribution < -0.4 is 0 Å². The third-order valence-electron chi connectivity index (χ3n) is 4.01. The second-order valence-electron chi connectivity index (χ2n) is 7.05. The second kappa shape index (κ2) is 12.4. The van der Waals surface area contributed by atoms with Gasteiger partial charge in [-0.15, -0.1) is 0 Å². The lowest BCUT2D eigenvalue weighted by atomic mass is 10.1. The molecule has 2 atom stereocenters. The van der Waals surface area contributed by atoms with E-state index in [4.69, 9.17) is 5.11 Å². The molecule has 0 aromatic rings. The fraction of sp³-hybridized carbons (Fsp3) is 1.00. The van der Waals surface area contributed by atoms with Gasteiger partial charge in [0.15, 0.2) is 0 Å². The van der Waals surface area contributed by atoms with Crippen LogP contribution in [0, 0.1) is 0 Å². The van der Waals surface area contributed by atoms with Crippen LogP contribution in [0.15, 0.2) is 0 Å². The third kappa shape index (κ3) is 13.2. The number of nitrogens with zero attached hydrogens (tertiary/aromatic N) is 1. The minimum absolute atomic E-state index is 0.212. The maximum atomic E-state index is 10.1. The highest BCUT2D eigenvalue weighted by atomic mass is 16.3. The van der Waals surface area contributed by atoms with Gasteiger partial charge in [-0.3, -0.25) is 0 Å². The summed E-state index contributed by atoms with van der Waals surface area (Å²) in [6, 6.07) is 0. The Morgan fingerprint density at radius 3 is 1.76 bits per heavy atom. The summed E-state index contributed by atoms with van der Waals surface area (Å²) in [5.41, 5.74) is 0. The summed E-state index contributed by atoms with van der Waals surface area (Å²) >= 11 is 0. The predicted molar refractivity (Wildman–Crippen MR) is 88.2 cm³/mol. The van der Waals surface area contributed by atoms with Gasteiger partial charge in [-0.1, -0.05) is 58.3 Å². The topological polar surface area (TPSA) is 60.7 Å². The summed E-state index contributed by atoms with van der Waals surface area (Å²) < 4.78 is 0.542. The summed E-state index contributed by atoms with van der Waals surface area (Å²) in [5, 5.41) is 28.5. The Bertz CT molecular complexity index is 234. The Morgan fingerprint density at radius 2 is 1.24 bits per heavy atom. The highest BCUT2D eigenvalue weighted by molar-refractivity contribution is 4.58. The Hall–Kier alpha value is -0.160. The zero-order chi connectivity index (χ0) is 16.1. The van der Waals surface area contributed by atoms with E-state index in [1.807, 2.05) is 14.1 Å². The van der Waals surface area contributed by atoms with Crippen LogP contribution in [-0.2, 0) is 0 Å². The first-order chi connectivity index (χ1) is 9.91. The van der Waals surface area contributed by atoms with Crippen molar-refractivity contribution in [3.8, 4) is 0 Å². The smallest absolute Gasteiger partial charge is 0.126 e. The van der Waals surface area contributed by atoms with Crippen LogP contribution >= 0.6 is 0 Å². The van der Waals surface area contributed by atoms with Gasteiger partial charge in [0.2, 0.25) is 0 Å². The lowest BCUT2D eigenvalue weighted by molar-refractivity contribution is -0.896. The molecule has 0 spiro atoms. The highest BCUT2D eigenvalue weighted by Gasteiger charge is 2.23. The van der Waals surface area contributed by atoms with Gasteiger partial charge in [-0.2, -0.15) is 0 Å². The molecule has 0 saturated heterocycles. The van der Waals surface area contributed by atoms with E-state index >= 15 is 0 Å². The largest absolute Gasteiger partial charge is 0.393 e. The molecule has 4 nitrogen and oxygen atoms in total. The fourth-order valence-corrected chi connectivity index (χ4v) is 2.88.